The predicted molar refractivity (Wildman–Crippen MR) is 110 cm³/mol. The molecule has 0 fully saturated rings. The highest BCUT2D eigenvalue weighted by molar-refractivity contribution is 7.15. The molecule has 1 aliphatic heterocycles. The van der Waals surface area contributed by atoms with E-state index in [0.717, 1.165) is 10.6 Å². The number of nitrogens with one attached hydrogen (secondary N) is 1. The number of nitrogens with zero attached hydrogens (tertiary/aromatic N) is 2. The molecule has 3 aromatic rings. The zero-order valence-corrected chi connectivity index (χ0v) is 16.6. The molecule has 0 spiro atoms. The van der Waals surface area contributed by atoms with Crippen LogP contribution in [0, 0.1) is 0 Å². The molecule has 1 aliphatic rings. The maximum atomic E-state index is 12.7. The summed E-state index contributed by atoms with van der Waals surface area (Å²) in [7, 11) is 1.37. The molecule has 8 heteroatoms. The van der Waals surface area contributed by atoms with Crippen LogP contribution >= 0.6 is 11.3 Å². The van der Waals surface area contributed by atoms with Gasteiger partial charge in [-0.05, 0) is 30.3 Å². The Bertz CT molecular complexity index is 1040. The average molecular weight is 409 g/mol. The lowest BCUT2D eigenvalue weighted by molar-refractivity contribution is 0.102. The Morgan fingerprint density at radius 1 is 1.10 bits per heavy atom. The van der Waals surface area contributed by atoms with E-state index >= 15 is 0 Å². The van der Waals surface area contributed by atoms with Gasteiger partial charge in [0, 0.05) is 23.4 Å². The summed E-state index contributed by atoms with van der Waals surface area (Å²) in [5.74, 6) is 1.02. The second-order valence-electron chi connectivity index (χ2n) is 6.43. The van der Waals surface area contributed by atoms with Gasteiger partial charge in [-0.15, -0.1) is 0 Å². The molecule has 2 heterocycles. The molecule has 2 aromatic carbocycles. The fourth-order valence-corrected chi connectivity index (χ4v) is 4.05. The maximum Gasteiger partial charge on any atom is 0.409 e. The van der Waals surface area contributed by atoms with Crippen LogP contribution in [0.4, 0.5) is 9.93 Å². The van der Waals surface area contributed by atoms with Crippen molar-refractivity contribution in [1.82, 2.24) is 9.88 Å². The van der Waals surface area contributed by atoms with Crippen molar-refractivity contribution in [3.63, 3.8) is 0 Å². The zero-order valence-electron chi connectivity index (χ0n) is 15.8. The van der Waals surface area contributed by atoms with Gasteiger partial charge in [-0.2, -0.15) is 0 Å². The lowest BCUT2D eigenvalue weighted by atomic mass is 10.2. The number of ether oxygens (including phenoxy) is 2. The molecule has 0 atom stereocenters. The number of aromatic nitrogens is 1. The number of benzene rings is 2. The first kappa shape index (κ1) is 18.9. The summed E-state index contributed by atoms with van der Waals surface area (Å²) in [5.41, 5.74) is 1.38. The Kier molecular flexibility index (Phi) is 5.44. The van der Waals surface area contributed by atoms with Gasteiger partial charge >= 0.3 is 6.09 Å². The van der Waals surface area contributed by atoms with Crippen LogP contribution in [0.1, 0.15) is 20.9 Å². The Morgan fingerprint density at radius 2 is 1.90 bits per heavy atom. The fourth-order valence-electron chi connectivity index (χ4n) is 3.03. The largest absolute Gasteiger partial charge is 0.457 e. The molecule has 0 saturated heterocycles. The zero-order chi connectivity index (χ0) is 20.2. The molecule has 0 saturated carbocycles. The van der Waals surface area contributed by atoms with E-state index in [1.807, 2.05) is 30.3 Å². The molecule has 29 heavy (non-hydrogen) atoms. The van der Waals surface area contributed by atoms with Gasteiger partial charge in [0.2, 0.25) is 0 Å². The SMILES string of the molecule is COC(=O)N1CCc2nc(NC(=O)c3cccc(Oc4ccccc4)c3)sc2C1. The van der Waals surface area contributed by atoms with Crippen molar-refractivity contribution in [2.75, 3.05) is 19.0 Å². The van der Waals surface area contributed by atoms with E-state index in [1.54, 1.807) is 29.2 Å². The number of methoxy groups -OCH3 is 1. The molecular formula is C21H19N3O4S. The van der Waals surface area contributed by atoms with Crippen LogP contribution in [-0.2, 0) is 17.7 Å². The summed E-state index contributed by atoms with van der Waals surface area (Å²) in [4.78, 5) is 31.5. The minimum Gasteiger partial charge on any atom is -0.457 e. The van der Waals surface area contributed by atoms with Crippen LogP contribution in [0.5, 0.6) is 11.5 Å². The number of fused-ring (bicyclic) bond motifs is 1. The van der Waals surface area contributed by atoms with Gasteiger partial charge in [0.25, 0.3) is 5.91 Å². The standard InChI is InChI=1S/C21H19N3O4S/c1-27-21(26)24-11-10-17-18(13-24)29-20(22-17)23-19(25)14-6-5-9-16(12-14)28-15-7-3-2-4-8-15/h2-9,12H,10-11,13H2,1H3,(H,22,23,25). The van der Waals surface area contributed by atoms with E-state index in [2.05, 4.69) is 10.3 Å². The lowest BCUT2D eigenvalue weighted by Crippen LogP contribution is -2.35. The smallest absolute Gasteiger partial charge is 0.409 e. The summed E-state index contributed by atoms with van der Waals surface area (Å²) in [6.45, 7) is 0.992. The van der Waals surface area contributed by atoms with Crippen molar-refractivity contribution in [2.24, 2.45) is 0 Å². The first-order chi connectivity index (χ1) is 14.1. The van der Waals surface area contributed by atoms with E-state index in [9.17, 15) is 9.59 Å². The summed E-state index contributed by atoms with van der Waals surface area (Å²) < 4.78 is 10.6. The van der Waals surface area contributed by atoms with Crippen LogP contribution in [0.2, 0.25) is 0 Å². The van der Waals surface area contributed by atoms with Gasteiger partial charge in [-0.1, -0.05) is 35.6 Å². The third-order valence-corrected chi connectivity index (χ3v) is 5.46. The van der Waals surface area contributed by atoms with Crippen molar-refractivity contribution >= 4 is 28.5 Å². The number of thiazole rings is 1. The third kappa shape index (κ3) is 4.38. The van der Waals surface area contributed by atoms with E-state index < -0.39 is 0 Å². The molecule has 148 valence electrons. The van der Waals surface area contributed by atoms with Gasteiger partial charge in [0.1, 0.15) is 11.5 Å². The van der Waals surface area contributed by atoms with Crippen molar-refractivity contribution in [3.8, 4) is 11.5 Å². The van der Waals surface area contributed by atoms with Gasteiger partial charge in [0.15, 0.2) is 5.13 Å². The minimum atomic E-state index is -0.357. The van der Waals surface area contributed by atoms with E-state index in [1.165, 1.54) is 18.4 Å². The molecule has 2 amide bonds. The van der Waals surface area contributed by atoms with E-state index in [4.69, 9.17) is 9.47 Å². The normalized spacial score (nSPS) is 12.8. The van der Waals surface area contributed by atoms with Crippen LogP contribution in [0.25, 0.3) is 0 Å². The topological polar surface area (TPSA) is 80.8 Å². The van der Waals surface area contributed by atoms with Gasteiger partial charge in [-0.25, -0.2) is 9.78 Å². The molecule has 0 bridgehead atoms. The molecule has 0 unspecified atom stereocenters. The molecule has 7 nitrogen and oxygen atoms in total. The molecule has 0 radical (unpaired) electrons. The first-order valence-electron chi connectivity index (χ1n) is 9.08. The summed E-state index contributed by atoms with van der Waals surface area (Å²) in [6.07, 6.45) is 0.280. The quantitative estimate of drug-likeness (QED) is 0.694. The predicted octanol–water partition coefficient (Wildman–Crippen LogP) is 4.31. The molecule has 4 rings (SSSR count). The highest BCUT2D eigenvalue weighted by Gasteiger charge is 2.25. The molecule has 1 aromatic heterocycles. The van der Waals surface area contributed by atoms with Gasteiger partial charge in [-0.3, -0.25) is 10.1 Å². The Labute approximate surface area is 171 Å². The number of hydrogen-bond acceptors (Lipinski definition) is 6. The van der Waals surface area contributed by atoms with Crippen molar-refractivity contribution < 1.29 is 19.1 Å². The van der Waals surface area contributed by atoms with Crippen LogP contribution in [-0.4, -0.2) is 35.5 Å². The number of hydrogen-bond donors (Lipinski definition) is 1. The van der Waals surface area contributed by atoms with Gasteiger partial charge < -0.3 is 14.4 Å². The highest BCUT2D eigenvalue weighted by Crippen LogP contribution is 2.29. The van der Waals surface area contributed by atoms with Crippen LogP contribution in [0.3, 0.4) is 0 Å². The highest BCUT2D eigenvalue weighted by atomic mass is 32.1. The average Bonchev–Trinajstić information content (AvgIpc) is 3.15. The van der Waals surface area contributed by atoms with Crippen LogP contribution in [0.15, 0.2) is 54.6 Å². The molecule has 1 N–H and O–H groups in total. The third-order valence-electron chi connectivity index (χ3n) is 4.46. The number of carbonyl (C=O) groups is 2. The lowest BCUT2D eigenvalue weighted by Gasteiger charge is -2.24. The van der Waals surface area contributed by atoms with E-state index in [0.29, 0.717) is 41.7 Å². The van der Waals surface area contributed by atoms with Crippen molar-refractivity contribution in [1.29, 1.82) is 0 Å². The second-order valence-corrected chi connectivity index (χ2v) is 7.51. The molecule has 0 aliphatic carbocycles. The number of para-hydroxylation sites is 1. The monoisotopic (exact) mass is 409 g/mol. The summed E-state index contributed by atoms with van der Waals surface area (Å²) >= 11 is 1.37. The number of rotatable bonds is 4. The summed E-state index contributed by atoms with van der Waals surface area (Å²) in [5, 5.41) is 3.36. The van der Waals surface area contributed by atoms with Crippen molar-refractivity contribution in [3.05, 3.63) is 70.7 Å². The van der Waals surface area contributed by atoms with E-state index in [-0.39, 0.29) is 12.0 Å². The number of anilines is 1. The first-order valence-corrected chi connectivity index (χ1v) is 9.90. The fraction of sp³-hybridized carbons (Fsp3) is 0.190. The van der Waals surface area contributed by atoms with Gasteiger partial charge in [0.05, 0.1) is 19.3 Å². The number of carbonyl (C=O) groups excluding carboxylic acids is 2. The van der Waals surface area contributed by atoms with Crippen molar-refractivity contribution in [2.45, 2.75) is 13.0 Å². The van der Waals surface area contributed by atoms with Crippen LogP contribution < -0.4 is 10.1 Å². The Morgan fingerprint density at radius 3 is 2.69 bits per heavy atom. The molecular weight excluding hydrogens is 390 g/mol. The summed E-state index contributed by atoms with van der Waals surface area (Å²) in [6, 6.07) is 16.4. The Hall–Kier alpha value is -3.39. The second kappa shape index (κ2) is 8.32. The Balaban J connectivity index is 1.45. The minimum absolute atomic E-state index is 0.264. The number of amides is 2. The maximum absolute atomic E-state index is 12.7.